The predicted molar refractivity (Wildman–Crippen MR) is 76.3 cm³/mol. The minimum Gasteiger partial charge on any atom is -0.490 e. The molecule has 3 nitrogen and oxygen atoms in total. The minimum absolute atomic E-state index is 0.289. The van der Waals surface area contributed by atoms with Crippen molar-refractivity contribution in [2.75, 3.05) is 38.7 Å². The Morgan fingerprint density at radius 2 is 1.80 bits per heavy atom. The largest absolute Gasteiger partial charge is 0.490 e. The molecule has 0 unspecified atom stereocenters. The van der Waals surface area contributed by atoms with Crippen molar-refractivity contribution < 1.29 is 18.3 Å². The number of hydrogen-bond acceptors (Lipinski definition) is 3. The van der Waals surface area contributed by atoms with E-state index in [0.29, 0.717) is 43.7 Å². The molecule has 1 aromatic carbocycles. The van der Waals surface area contributed by atoms with Gasteiger partial charge in [0.2, 0.25) is 0 Å². The third-order valence-corrected chi connectivity index (χ3v) is 2.78. The first-order valence-corrected chi connectivity index (χ1v) is 7.12. The standard InChI is InChI=1S/C14H20ClF2NO2/c1-2-19-12-5-3-4-6-13(12)20-10-9-18(8-7-15)11-14(16)17/h3-6,14H,2,7-11H2,1H3. The molecule has 1 rings (SSSR count). The van der Waals surface area contributed by atoms with Gasteiger partial charge in [-0.15, -0.1) is 11.6 Å². The molecule has 0 aromatic heterocycles. The maximum atomic E-state index is 12.4. The van der Waals surface area contributed by atoms with Gasteiger partial charge in [0.25, 0.3) is 6.43 Å². The van der Waals surface area contributed by atoms with E-state index in [1.54, 1.807) is 11.0 Å². The van der Waals surface area contributed by atoms with Crippen LogP contribution in [0.15, 0.2) is 24.3 Å². The van der Waals surface area contributed by atoms with E-state index in [1.807, 2.05) is 25.1 Å². The quantitative estimate of drug-likeness (QED) is 0.619. The SMILES string of the molecule is CCOc1ccccc1OCCN(CCCl)CC(F)F. The number of benzene rings is 1. The lowest BCUT2D eigenvalue weighted by molar-refractivity contribution is 0.0834. The van der Waals surface area contributed by atoms with Crippen LogP contribution < -0.4 is 9.47 Å². The molecule has 0 aliphatic heterocycles. The maximum absolute atomic E-state index is 12.4. The smallest absolute Gasteiger partial charge is 0.251 e. The van der Waals surface area contributed by atoms with Crippen molar-refractivity contribution in [1.82, 2.24) is 4.90 Å². The summed E-state index contributed by atoms with van der Waals surface area (Å²) in [4.78, 5) is 1.58. The van der Waals surface area contributed by atoms with Crippen molar-refractivity contribution in [2.24, 2.45) is 0 Å². The first-order valence-electron chi connectivity index (χ1n) is 6.58. The molecule has 0 aliphatic rings. The van der Waals surface area contributed by atoms with Gasteiger partial charge >= 0.3 is 0 Å². The zero-order valence-electron chi connectivity index (χ0n) is 11.5. The summed E-state index contributed by atoms with van der Waals surface area (Å²) in [7, 11) is 0. The molecule has 0 spiro atoms. The van der Waals surface area contributed by atoms with Crippen molar-refractivity contribution >= 4 is 11.6 Å². The molecule has 114 valence electrons. The molecule has 0 radical (unpaired) electrons. The summed E-state index contributed by atoms with van der Waals surface area (Å²) >= 11 is 5.59. The van der Waals surface area contributed by atoms with E-state index < -0.39 is 6.43 Å². The molecule has 0 heterocycles. The molecule has 0 aliphatic carbocycles. The van der Waals surface area contributed by atoms with Crippen molar-refractivity contribution in [3.8, 4) is 11.5 Å². The summed E-state index contributed by atoms with van der Waals surface area (Å²) in [5, 5.41) is 0. The monoisotopic (exact) mass is 307 g/mol. The molecule has 0 atom stereocenters. The van der Waals surface area contributed by atoms with E-state index in [9.17, 15) is 8.78 Å². The molecular weight excluding hydrogens is 288 g/mol. The minimum atomic E-state index is -2.37. The number of nitrogens with zero attached hydrogens (tertiary/aromatic N) is 1. The first-order chi connectivity index (χ1) is 9.67. The first kappa shape index (κ1) is 17.0. The Bertz CT molecular complexity index is 380. The molecule has 0 fully saturated rings. The van der Waals surface area contributed by atoms with E-state index >= 15 is 0 Å². The Morgan fingerprint density at radius 3 is 2.35 bits per heavy atom. The third-order valence-electron chi connectivity index (χ3n) is 2.61. The van der Waals surface area contributed by atoms with Gasteiger partial charge in [0.05, 0.1) is 13.2 Å². The van der Waals surface area contributed by atoms with Gasteiger partial charge in [-0.05, 0) is 19.1 Å². The molecule has 0 saturated carbocycles. The van der Waals surface area contributed by atoms with Crippen LogP contribution >= 0.6 is 11.6 Å². The fraction of sp³-hybridized carbons (Fsp3) is 0.571. The zero-order chi connectivity index (χ0) is 14.8. The van der Waals surface area contributed by atoms with Gasteiger partial charge < -0.3 is 9.47 Å². The Labute approximate surface area is 123 Å². The summed E-state index contributed by atoms with van der Waals surface area (Å²) < 4.78 is 35.8. The third kappa shape index (κ3) is 6.39. The van der Waals surface area contributed by atoms with Crippen LogP contribution in [0.2, 0.25) is 0 Å². The summed E-state index contributed by atoms with van der Waals surface area (Å²) in [6.07, 6.45) is -2.37. The lowest BCUT2D eigenvalue weighted by Gasteiger charge is -2.21. The molecule has 20 heavy (non-hydrogen) atoms. The van der Waals surface area contributed by atoms with E-state index in [2.05, 4.69) is 0 Å². The number of hydrogen-bond donors (Lipinski definition) is 0. The Balaban J connectivity index is 2.45. The fourth-order valence-corrected chi connectivity index (χ4v) is 1.98. The lowest BCUT2D eigenvalue weighted by Crippen LogP contribution is -2.34. The molecule has 0 saturated heterocycles. The van der Waals surface area contributed by atoms with Crippen molar-refractivity contribution in [3.63, 3.8) is 0 Å². The summed E-state index contributed by atoms with van der Waals surface area (Å²) in [6, 6.07) is 7.31. The number of halogens is 3. The van der Waals surface area contributed by atoms with Gasteiger partial charge in [0.15, 0.2) is 11.5 Å². The molecule has 1 aromatic rings. The van der Waals surface area contributed by atoms with Gasteiger partial charge in [0.1, 0.15) is 6.61 Å². The van der Waals surface area contributed by atoms with Crippen LogP contribution in [0.4, 0.5) is 8.78 Å². The van der Waals surface area contributed by atoms with E-state index in [-0.39, 0.29) is 6.54 Å². The van der Waals surface area contributed by atoms with Gasteiger partial charge in [0, 0.05) is 19.0 Å². The second-order valence-corrected chi connectivity index (χ2v) is 4.49. The van der Waals surface area contributed by atoms with Gasteiger partial charge in [-0.1, -0.05) is 12.1 Å². The maximum Gasteiger partial charge on any atom is 0.251 e. The summed E-state index contributed by atoms with van der Waals surface area (Å²) in [5.41, 5.74) is 0. The van der Waals surface area contributed by atoms with E-state index in [1.165, 1.54) is 0 Å². The van der Waals surface area contributed by atoms with Crippen LogP contribution in [0.1, 0.15) is 6.92 Å². The van der Waals surface area contributed by atoms with Crippen molar-refractivity contribution in [2.45, 2.75) is 13.3 Å². The number of para-hydroxylation sites is 2. The Morgan fingerprint density at radius 1 is 1.15 bits per heavy atom. The van der Waals surface area contributed by atoms with Gasteiger partial charge in [-0.2, -0.15) is 0 Å². The van der Waals surface area contributed by atoms with Crippen LogP contribution in [0.25, 0.3) is 0 Å². The van der Waals surface area contributed by atoms with Crippen LogP contribution in [-0.2, 0) is 0 Å². The van der Waals surface area contributed by atoms with Gasteiger partial charge in [-0.3, -0.25) is 4.90 Å². The average molecular weight is 308 g/mol. The number of ether oxygens (including phenoxy) is 2. The fourth-order valence-electron chi connectivity index (χ4n) is 1.74. The highest BCUT2D eigenvalue weighted by Crippen LogP contribution is 2.26. The van der Waals surface area contributed by atoms with Crippen LogP contribution in [0, 0.1) is 0 Å². The summed E-state index contributed by atoms with van der Waals surface area (Å²) in [6.45, 7) is 3.28. The van der Waals surface area contributed by atoms with Crippen LogP contribution in [-0.4, -0.2) is 50.1 Å². The zero-order valence-corrected chi connectivity index (χ0v) is 12.3. The number of alkyl halides is 3. The van der Waals surface area contributed by atoms with Crippen molar-refractivity contribution in [3.05, 3.63) is 24.3 Å². The normalized spacial score (nSPS) is 11.1. The lowest BCUT2D eigenvalue weighted by atomic mass is 10.3. The Kier molecular flexibility index (Phi) is 8.30. The van der Waals surface area contributed by atoms with Crippen LogP contribution in [0.3, 0.4) is 0 Å². The topological polar surface area (TPSA) is 21.7 Å². The molecule has 0 bridgehead atoms. The molecule has 0 N–H and O–H groups in total. The molecule has 6 heteroatoms. The van der Waals surface area contributed by atoms with E-state index in [0.717, 1.165) is 0 Å². The average Bonchev–Trinajstić information content (AvgIpc) is 2.40. The predicted octanol–water partition coefficient (Wildman–Crippen LogP) is 3.27. The highest BCUT2D eigenvalue weighted by atomic mass is 35.5. The highest BCUT2D eigenvalue weighted by molar-refractivity contribution is 6.18. The molecule has 0 amide bonds. The second-order valence-electron chi connectivity index (χ2n) is 4.11. The molecular formula is C14H20ClF2NO2. The number of rotatable bonds is 10. The highest BCUT2D eigenvalue weighted by Gasteiger charge is 2.12. The Hall–Kier alpha value is -1.07. The van der Waals surface area contributed by atoms with Crippen LogP contribution in [0.5, 0.6) is 11.5 Å². The van der Waals surface area contributed by atoms with E-state index in [4.69, 9.17) is 21.1 Å². The van der Waals surface area contributed by atoms with Gasteiger partial charge in [-0.25, -0.2) is 8.78 Å². The summed E-state index contributed by atoms with van der Waals surface area (Å²) in [5.74, 6) is 1.60. The second kappa shape index (κ2) is 9.77. The van der Waals surface area contributed by atoms with Crippen molar-refractivity contribution in [1.29, 1.82) is 0 Å².